The predicted octanol–water partition coefficient (Wildman–Crippen LogP) is -0.990. The summed E-state index contributed by atoms with van der Waals surface area (Å²) in [7, 11) is 0. The lowest BCUT2D eigenvalue weighted by atomic mass is 9.94. The molecule has 1 aromatic carbocycles. The van der Waals surface area contributed by atoms with E-state index in [1.165, 1.54) is 12.2 Å². The molecule has 1 aromatic rings. The molecule has 0 bridgehead atoms. The lowest BCUT2D eigenvalue weighted by Crippen LogP contribution is -2.25. The van der Waals surface area contributed by atoms with Crippen molar-refractivity contribution >= 4 is 29.0 Å². The van der Waals surface area contributed by atoms with Gasteiger partial charge in [0, 0.05) is 5.57 Å². The zero-order valence-electron chi connectivity index (χ0n) is 9.84. The number of hydrogen-bond donors (Lipinski definition) is 0. The molecular weight excluding hydrogens is 244 g/mol. The van der Waals surface area contributed by atoms with E-state index in [0.29, 0.717) is 17.4 Å². The van der Waals surface area contributed by atoms with Gasteiger partial charge in [-0.15, -0.1) is 0 Å². The highest BCUT2D eigenvalue weighted by Gasteiger charge is 2.25. The third-order valence-corrected chi connectivity index (χ3v) is 3.10. The Labute approximate surface area is 108 Å². The van der Waals surface area contributed by atoms with Gasteiger partial charge in [-0.25, -0.2) is 0 Å². The van der Waals surface area contributed by atoms with E-state index in [-0.39, 0.29) is 11.3 Å². The first-order valence-electron chi connectivity index (χ1n) is 5.50. The van der Waals surface area contributed by atoms with Crippen molar-refractivity contribution in [2.45, 2.75) is 0 Å². The summed E-state index contributed by atoms with van der Waals surface area (Å²) in [6.45, 7) is 0. The van der Waals surface area contributed by atoms with Gasteiger partial charge in [0.1, 0.15) is 0 Å². The molecule has 0 aromatic heterocycles. The van der Waals surface area contributed by atoms with Crippen LogP contribution in [-0.4, -0.2) is 23.3 Å². The Hall–Kier alpha value is -2.59. The number of hydrogen-bond acceptors (Lipinski definition) is 3. The maximum Gasteiger partial charge on any atom is 0.226 e. The summed E-state index contributed by atoms with van der Waals surface area (Å²) in [6.07, 6.45) is 4.86. The summed E-state index contributed by atoms with van der Waals surface area (Å²) in [5.74, 6) is -0.760. The second-order valence-corrected chi connectivity index (χ2v) is 4.11. The van der Waals surface area contributed by atoms with Crippen molar-refractivity contribution in [3.63, 3.8) is 0 Å². The fraction of sp³-hybridized carbons (Fsp3) is 0. The second-order valence-electron chi connectivity index (χ2n) is 4.11. The second kappa shape index (κ2) is 4.59. The van der Waals surface area contributed by atoms with Crippen LogP contribution in [0.25, 0.3) is 11.1 Å². The Kier molecular flexibility index (Phi) is 3.10. The highest BCUT2D eigenvalue weighted by atomic mass is 16.2. The van der Waals surface area contributed by atoms with Crippen LogP contribution in [0.5, 0.6) is 0 Å². The molecule has 0 amide bonds. The first-order chi connectivity index (χ1) is 8.72. The average molecular weight is 254 g/mol. The maximum absolute atomic E-state index is 11.7. The van der Waals surface area contributed by atoms with Gasteiger partial charge in [-0.1, -0.05) is 24.3 Å². The molecule has 0 radical (unpaired) electrons. The largest absolute Gasteiger partial charge is 0.412 e. The van der Waals surface area contributed by atoms with Gasteiger partial charge in [0.15, 0.2) is 12.1 Å². The Morgan fingerprint density at radius 2 is 1.74 bits per heavy atom. The highest BCUT2D eigenvalue weighted by molar-refractivity contribution is 6.48. The number of rotatable bonds is 2. The molecule has 19 heavy (non-hydrogen) atoms. The van der Waals surface area contributed by atoms with Crippen LogP contribution in [0.2, 0.25) is 0 Å². The molecule has 94 valence electrons. The van der Waals surface area contributed by atoms with Crippen molar-refractivity contribution in [1.29, 1.82) is 0 Å². The fourth-order valence-corrected chi connectivity index (χ4v) is 2.37. The van der Waals surface area contributed by atoms with Crippen LogP contribution in [0.15, 0.2) is 48.1 Å². The molecule has 2 aliphatic rings. The SMILES string of the molecule is O.O=CC(=O)C1=c2ccccc2=C2C=CC(=O)C=C21. The number of allylic oxidation sites excluding steroid dienone is 4. The van der Waals surface area contributed by atoms with Gasteiger partial charge in [-0.05, 0) is 39.8 Å². The van der Waals surface area contributed by atoms with E-state index in [1.807, 2.05) is 12.1 Å². The molecule has 2 aliphatic carbocycles. The number of ketones is 2. The first-order valence-corrected chi connectivity index (χ1v) is 5.50. The predicted molar refractivity (Wildman–Crippen MR) is 69.4 cm³/mol. The quantitative estimate of drug-likeness (QED) is 0.502. The average Bonchev–Trinajstić information content (AvgIpc) is 2.71. The van der Waals surface area contributed by atoms with Gasteiger partial charge in [0.2, 0.25) is 5.78 Å². The molecule has 0 fully saturated rings. The third-order valence-electron chi connectivity index (χ3n) is 3.10. The standard InChI is InChI=1S/C15H8O3.H2O/c16-8-14(18)15-12-4-2-1-3-10(12)11-6-5-9(17)7-13(11)15;/h1-8H;1H2. The molecule has 2 N–H and O–H groups in total. The molecule has 0 spiro atoms. The third kappa shape index (κ3) is 1.78. The number of benzene rings is 1. The first kappa shape index (κ1) is 12.9. The van der Waals surface area contributed by atoms with Gasteiger partial charge < -0.3 is 5.48 Å². The molecule has 0 heterocycles. The van der Waals surface area contributed by atoms with E-state index in [1.54, 1.807) is 18.2 Å². The molecule has 4 heteroatoms. The highest BCUT2D eigenvalue weighted by Crippen LogP contribution is 2.27. The van der Waals surface area contributed by atoms with Gasteiger partial charge >= 0.3 is 0 Å². The van der Waals surface area contributed by atoms with Crippen LogP contribution in [0.4, 0.5) is 0 Å². The van der Waals surface area contributed by atoms with E-state index in [9.17, 15) is 14.4 Å². The number of fused-ring (bicyclic) bond motifs is 2. The van der Waals surface area contributed by atoms with Crippen molar-refractivity contribution in [1.82, 2.24) is 0 Å². The van der Waals surface area contributed by atoms with Crippen molar-refractivity contribution in [3.8, 4) is 0 Å². The van der Waals surface area contributed by atoms with E-state index >= 15 is 0 Å². The zero-order valence-corrected chi connectivity index (χ0v) is 9.84. The van der Waals surface area contributed by atoms with Crippen LogP contribution in [0, 0.1) is 0 Å². The van der Waals surface area contributed by atoms with E-state index in [4.69, 9.17) is 0 Å². The molecule has 4 nitrogen and oxygen atoms in total. The Morgan fingerprint density at radius 3 is 2.42 bits per heavy atom. The zero-order chi connectivity index (χ0) is 12.7. The van der Waals surface area contributed by atoms with Crippen LogP contribution < -0.4 is 10.4 Å². The molecule has 0 unspecified atom stereocenters. The molecule has 0 saturated heterocycles. The Morgan fingerprint density at radius 1 is 1.05 bits per heavy atom. The number of carbonyl (C=O) groups excluding carboxylic acids is 3. The Balaban J connectivity index is 0.00000133. The molecular formula is C15H10O4. The maximum atomic E-state index is 11.7. The molecule has 3 rings (SSSR count). The van der Waals surface area contributed by atoms with Gasteiger partial charge in [0.25, 0.3) is 0 Å². The van der Waals surface area contributed by atoms with Crippen LogP contribution in [-0.2, 0) is 14.4 Å². The van der Waals surface area contributed by atoms with Gasteiger partial charge in [-0.3, -0.25) is 14.4 Å². The van der Waals surface area contributed by atoms with Crippen molar-refractivity contribution in [3.05, 3.63) is 58.5 Å². The lowest BCUT2D eigenvalue weighted by molar-refractivity contribution is -0.126. The summed E-state index contributed by atoms with van der Waals surface area (Å²) in [5, 5.41) is 1.60. The molecule has 0 aliphatic heterocycles. The minimum absolute atomic E-state index is 0. The number of Topliss-reactive ketones (excluding diaryl/α,β-unsaturated/α-hetero) is 1. The number of carbonyl (C=O) groups is 3. The van der Waals surface area contributed by atoms with Crippen LogP contribution in [0.1, 0.15) is 0 Å². The van der Waals surface area contributed by atoms with Gasteiger partial charge in [0.05, 0.1) is 0 Å². The van der Waals surface area contributed by atoms with E-state index < -0.39 is 5.78 Å². The number of aldehydes is 1. The van der Waals surface area contributed by atoms with Crippen LogP contribution >= 0.6 is 0 Å². The lowest BCUT2D eigenvalue weighted by Gasteiger charge is -2.07. The summed E-state index contributed by atoms with van der Waals surface area (Å²) in [4.78, 5) is 33.9. The summed E-state index contributed by atoms with van der Waals surface area (Å²) in [5.41, 5.74) is 1.71. The van der Waals surface area contributed by atoms with E-state index in [2.05, 4.69) is 0 Å². The minimum atomic E-state index is -0.591. The normalized spacial score (nSPS) is 15.4. The summed E-state index contributed by atoms with van der Waals surface area (Å²) < 4.78 is 0. The van der Waals surface area contributed by atoms with Crippen LogP contribution in [0.3, 0.4) is 0 Å². The van der Waals surface area contributed by atoms with E-state index in [0.717, 1.165) is 16.0 Å². The molecule has 0 saturated carbocycles. The smallest absolute Gasteiger partial charge is 0.226 e. The fourth-order valence-electron chi connectivity index (χ4n) is 2.37. The monoisotopic (exact) mass is 254 g/mol. The van der Waals surface area contributed by atoms with Crippen molar-refractivity contribution < 1.29 is 19.9 Å². The summed E-state index contributed by atoms with van der Waals surface area (Å²) in [6, 6.07) is 7.34. The van der Waals surface area contributed by atoms with Crippen molar-refractivity contribution in [2.75, 3.05) is 0 Å². The molecule has 0 atom stereocenters. The van der Waals surface area contributed by atoms with Crippen molar-refractivity contribution in [2.24, 2.45) is 0 Å². The van der Waals surface area contributed by atoms with Gasteiger partial charge in [-0.2, -0.15) is 0 Å². The topological polar surface area (TPSA) is 82.7 Å². The Bertz CT molecular complexity index is 779. The summed E-state index contributed by atoms with van der Waals surface area (Å²) >= 11 is 0. The minimum Gasteiger partial charge on any atom is -0.412 e.